The first-order valence-corrected chi connectivity index (χ1v) is 7.76. The van der Waals surface area contributed by atoms with Gasteiger partial charge in [0.15, 0.2) is 0 Å². The second kappa shape index (κ2) is 5.65. The first-order chi connectivity index (χ1) is 8.93. The number of hydrogen-bond acceptors (Lipinski definition) is 1. The van der Waals surface area contributed by atoms with E-state index in [1.54, 1.807) is 0 Å². The molecular formula is C16H17OP. The summed E-state index contributed by atoms with van der Waals surface area (Å²) in [5.74, 6) is 0. The van der Waals surface area contributed by atoms with Crippen molar-refractivity contribution >= 4 is 18.8 Å². The molecule has 92 valence electrons. The minimum Gasteiger partial charge on any atom is -0.346 e. The summed E-state index contributed by atoms with van der Waals surface area (Å²) in [6.07, 6.45) is 4.23. The second-order valence-corrected chi connectivity index (χ2v) is 6.46. The maximum absolute atomic E-state index is 6.32. The minimum absolute atomic E-state index is 0.469. The van der Waals surface area contributed by atoms with E-state index in [1.807, 2.05) is 0 Å². The molecule has 18 heavy (non-hydrogen) atoms. The van der Waals surface area contributed by atoms with Crippen LogP contribution in [-0.2, 0) is 4.52 Å². The van der Waals surface area contributed by atoms with Crippen molar-refractivity contribution in [2.24, 2.45) is 0 Å². The van der Waals surface area contributed by atoms with Gasteiger partial charge in [-0.3, -0.25) is 0 Å². The molecule has 1 saturated carbocycles. The summed E-state index contributed by atoms with van der Waals surface area (Å²) in [6, 6.07) is 21.2. The fourth-order valence-electron chi connectivity index (χ4n) is 2.02. The smallest absolute Gasteiger partial charge is 0.0921 e. The Balaban J connectivity index is 1.88. The third kappa shape index (κ3) is 2.63. The summed E-state index contributed by atoms with van der Waals surface area (Å²) in [7, 11) is -0.645. The Morgan fingerprint density at radius 1 is 0.778 bits per heavy atom. The average Bonchev–Trinajstić information content (AvgIpc) is 2.40. The van der Waals surface area contributed by atoms with Crippen LogP contribution >= 0.6 is 8.15 Å². The van der Waals surface area contributed by atoms with Gasteiger partial charge in [-0.15, -0.1) is 0 Å². The van der Waals surface area contributed by atoms with Gasteiger partial charge in [0.05, 0.1) is 14.3 Å². The van der Waals surface area contributed by atoms with Crippen molar-refractivity contribution in [2.45, 2.75) is 25.4 Å². The van der Waals surface area contributed by atoms with Crippen LogP contribution in [0.25, 0.3) is 0 Å². The SMILES string of the molecule is c1ccc(P(OC2CCC2)c2ccccc2)cc1. The van der Waals surface area contributed by atoms with Gasteiger partial charge in [-0.2, -0.15) is 0 Å². The summed E-state index contributed by atoms with van der Waals surface area (Å²) in [6.45, 7) is 0. The zero-order valence-corrected chi connectivity index (χ0v) is 11.2. The molecule has 1 fully saturated rings. The van der Waals surface area contributed by atoms with Gasteiger partial charge in [-0.25, -0.2) is 0 Å². The van der Waals surface area contributed by atoms with E-state index in [-0.39, 0.29) is 0 Å². The Morgan fingerprint density at radius 2 is 1.28 bits per heavy atom. The zero-order valence-electron chi connectivity index (χ0n) is 10.3. The van der Waals surface area contributed by atoms with Gasteiger partial charge in [0.25, 0.3) is 0 Å². The van der Waals surface area contributed by atoms with E-state index >= 15 is 0 Å². The molecule has 1 aliphatic rings. The standard InChI is InChI=1S/C16H17OP/c1-3-10-15(11-4-1)18(17-14-8-7-9-14)16-12-5-2-6-13-16/h1-6,10-14H,7-9H2. The van der Waals surface area contributed by atoms with Crippen molar-refractivity contribution < 1.29 is 4.52 Å². The van der Waals surface area contributed by atoms with Crippen LogP contribution in [0.15, 0.2) is 60.7 Å². The molecule has 0 unspecified atom stereocenters. The van der Waals surface area contributed by atoms with Crippen LogP contribution in [0, 0.1) is 0 Å². The summed E-state index contributed by atoms with van der Waals surface area (Å²) in [4.78, 5) is 0. The molecule has 0 radical (unpaired) electrons. The van der Waals surface area contributed by atoms with Gasteiger partial charge in [0.1, 0.15) is 0 Å². The quantitative estimate of drug-likeness (QED) is 0.759. The van der Waals surface area contributed by atoms with Gasteiger partial charge >= 0.3 is 0 Å². The van der Waals surface area contributed by atoms with Crippen LogP contribution in [0.3, 0.4) is 0 Å². The first kappa shape index (κ1) is 11.9. The Labute approximate surface area is 110 Å². The maximum atomic E-state index is 6.32. The van der Waals surface area contributed by atoms with Gasteiger partial charge in [0, 0.05) is 10.6 Å². The molecule has 0 heterocycles. The van der Waals surface area contributed by atoms with Crippen molar-refractivity contribution in [1.29, 1.82) is 0 Å². The monoisotopic (exact) mass is 256 g/mol. The van der Waals surface area contributed by atoms with E-state index in [0.29, 0.717) is 6.10 Å². The van der Waals surface area contributed by atoms with Gasteiger partial charge < -0.3 is 4.52 Å². The Kier molecular flexibility index (Phi) is 3.73. The van der Waals surface area contributed by atoms with Gasteiger partial charge in [0.2, 0.25) is 0 Å². The molecule has 2 aromatic carbocycles. The molecule has 1 aliphatic carbocycles. The Hall–Kier alpha value is -1.17. The summed E-state index contributed by atoms with van der Waals surface area (Å²) >= 11 is 0. The van der Waals surface area contributed by atoms with E-state index in [2.05, 4.69) is 60.7 Å². The Morgan fingerprint density at radius 3 is 1.67 bits per heavy atom. The molecule has 0 aliphatic heterocycles. The summed E-state index contributed by atoms with van der Waals surface area (Å²) < 4.78 is 6.32. The molecule has 0 atom stereocenters. The van der Waals surface area contributed by atoms with Crippen LogP contribution < -0.4 is 10.6 Å². The summed E-state index contributed by atoms with van der Waals surface area (Å²) in [5, 5.41) is 2.62. The number of benzene rings is 2. The zero-order chi connectivity index (χ0) is 12.2. The summed E-state index contributed by atoms with van der Waals surface area (Å²) in [5.41, 5.74) is 0. The van der Waals surface area contributed by atoms with Crippen LogP contribution in [0.5, 0.6) is 0 Å². The van der Waals surface area contributed by atoms with Crippen LogP contribution in [-0.4, -0.2) is 6.10 Å². The lowest BCUT2D eigenvalue weighted by Crippen LogP contribution is -2.24. The highest BCUT2D eigenvalue weighted by Crippen LogP contribution is 2.40. The third-order valence-electron chi connectivity index (χ3n) is 3.29. The van der Waals surface area contributed by atoms with E-state index < -0.39 is 8.15 Å². The van der Waals surface area contributed by atoms with E-state index in [4.69, 9.17) is 4.52 Å². The molecule has 3 rings (SSSR count). The van der Waals surface area contributed by atoms with Crippen LogP contribution in [0.4, 0.5) is 0 Å². The third-order valence-corrected chi connectivity index (χ3v) is 5.33. The molecule has 0 aromatic heterocycles. The largest absolute Gasteiger partial charge is 0.346 e. The maximum Gasteiger partial charge on any atom is 0.0921 e. The molecular weight excluding hydrogens is 239 g/mol. The van der Waals surface area contributed by atoms with E-state index in [0.717, 1.165) is 0 Å². The highest BCUT2D eigenvalue weighted by Gasteiger charge is 2.24. The number of rotatable bonds is 4. The topological polar surface area (TPSA) is 9.23 Å². The number of hydrogen-bond donors (Lipinski definition) is 0. The molecule has 0 N–H and O–H groups in total. The second-order valence-electron chi connectivity index (χ2n) is 4.62. The molecule has 0 bridgehead atoms. The molecule has 0 saturated heterocycles. The van der Waals surface area contributed by atoms with Crippen molar-refractivity contribution in [1.82, 2.24) is 0 Å². The predicted molar refractivity (Wildman–Crippen MR) is 77.8 cm³/mol. The lowest BCUT2D eigenvalue weighted by molar-refractivity contribution is 0.140. The molecule has 1 nitrogen and oxygen atoms in total. The minimum atomic E-state index is -0.645. The highest BCUT2D eigenvalue weighted by atomic mass is 31.1. The molecule has 0 spiro atoms. The van der Waals surface area contributed by atoms with E-state index in [9.17, 15) is 0 Å². The van der Waals surface area contributed by atoms with Crippen molar-refractivity contribution in [3.8, 4) is 0 Å². The average molecular weight is 256 g/mol. The van der Waals surface area contributed by atoms with Gasteiger partial charge in [-0.1, -0.05) is 60.7 Å². The van der Waals surface area contributed by atoms with Crippen molar-refractivity contribution in [3.63, 3.8) is 0 Å². The predicted octanol–water partition coefficient (Wildman–Crippen LogP) is 3.60. The lowest BCUT2D eigenvalue weighted by Gasteiger charge is -2.30. The van der Waals surface area contributed by atoms with E-state index in [1.165, 1.54) is 29.9 Å². The van der Waals surface area contributed by atoms with Crippen molar-refractivity contribution in [2.75, 3.05) is 0 Å². The fraction of sp³-hybridized carbons (Fsp3) is 0.250. The van der Waals surface area contributed by atoms with Crippen LogP contribution in [0.2, 0.25) is 0 Å². The van der Waals surface area contributed by atoms with Crippen molar-refractivity contribution in [3.05, 3.63) is 60.7 Å². The first-order valence-electron chi connectivity index (χ1n) is 6.50. The van der Waals surface area contributed by atoms with Gasteiger partial charge in [-0.05, 0) is 19.3 Å². The van der Waals surface area contributed by atoms with Crippen LogP contribution in [0.1, 0.15) is 19.3 Å². The molecule has 2 aromatic rings. The fourth-order valence-corrected chi connectivity index (χ4v) is 3.96. The Bertz CT molecular complexity index is 439. The molecule has 0 amide bonds. The lowest BCUT2D eigenvalue weighted by atomic mass is 9.97. The highest BCUT2D eigenvalue weighted by molar-refractivity contribution is 7.68. The normalized spacial score (nSPS) is 15.6. The molecule has 2 heteroatoms.